The van der Waals surface area contributed by atoms with Crippen molar-refractivity contribution in [3.8, 4) is 0 Å². The van der Waals surface area contributed by atoms with Gasteiger partial charge in [0.05, 0.1) is 19.8 Å². The zero-order chi connectivity index (χ0) is 16.2. The number of hydrogen-bond acceptors (Lipinski definition) is 6. The fourth-order valence-corrected chi connectivity index (χ4v) is 1.47. The van der Waals surface area contributed by atoms with E-state index in [1.54, 1.807) is 0 Å². The number of carbonyl (C=O) groups excluding carboxylic acids is 1. The molecule has 0 radical (unpaired) electrons. The average molecular weight is 306 g/mol. The van der Waals surface area contributed by atoms with E-state index in [1.165, 1.54) is 0 Å². The van der Waals surface area contributed by atoms with Gasteiger partial charge in [-0.2, -0.15) is 0 Å². The maximum Gasteiger partial charge on any atom is 0.220 e. The highest BCUT2D eigenvalue weighted by Crippen LogP contribution is 1.98. The number of rotatable bonds is 14. The van der Waals surface area contributed by atoms with Crippen LogP contribution in [0.25, 0.3) is 0 Å². The monoisotopic (exact) mass is 306 g/mol. The van der Waals surface area contributed by atoms with Crippen LogP contribution in [0.15, 0.2) is 0 Å². The van der Waals surface area contributed by atoms with Crippen LogP contribution in [0.1, 0.15) is 39.5 Å². The Hall–Kier alpha value is -0.730. The molecule has 0 rings (SSSR count). The molecule has 1 amide bonds. The lowest BCUT2D eigenvalue weighted by Gasteiger charge is -2.07. The van der Waals surface area contributed by atoms with Crippen molar-refractivity contribution in [2.75, 3.05) is 46.7 Å². The summed E-state index contributed by atoms with van der Waals surface area (Å²) in [4.78, 5) is 11.4. The summed E-state index contributed by atoms with van der Waals surface area (Å²) >= 11 is 0. The van der Waals surface area contributed by atoms with E-state index >= 15 is 0 Å². The maximum absolute atomic E-state index is 11.4. The van der Waals surface area contributed by atoms with Crippen molar-refractivity contribution in [2.45, 2.75) is 39.5 Å². The highest BCUT2D eigenvalue weighted by Gasteiger charge is 2.00. The number of ether oxygens (including phenoxy) is 2. The van der Waals surface area contributed by atoms with E-state index in [0.717, 1.165) is 25.8 Å². The lowest BCUT2D eigenvalue weighted by Crippen LogP contribution is -2.28. The summed E-state index contributed by atoms with van der Waals surface area (Å²) in [5, 5.41) is 5.91. The molecule has 0 unspecified atom stereocenters. The van der Waals surface area contributed by atoms with Crippen LogP contribution in [0.3, 0.4) is 0 Å². The minimum Gasteiger partial charge on any atom is -0.377 e. The molecule has 0 fully saturated rings. The molecule has 128 valence electrons. The molecule has 0 aromatic heterocycles. The number of nitrogens with two attached hydrogens (primary N) is 1. The first-order chi connectivity index (χ1) is 10.3. The van der Waals surface area contributed by atoms with Gasteiger partial charge < -0.3 is 20.1 Å². The second-order valence-corrected chi connectivity index (χ2v) is 4.13. The van der Waals surface area contributed by atoms with Gasteiger partial charge >= 0.3 is 0 Å². The van der Waals surface area contributed by atoms with E-state index in [-0.39, 0.29) is 5.91 Å². The Bertz CT molecular complexity index is 207. The van der Waals surface area contributed by atoms with Gasteiger partial charge in [0.25, 0.3) is 0 Å². The van der Waals surface area contributed by atoms with Gasteiger partial charge in [0, 0.05) is 13.0 Å². The quantitative estimate of drug-likeness (QED) is 0.160. The highest BCUT2D eigenvalue weighted by molar-refractivity contribution is 5.75. The fraction of sp³-hybridized carbons (Fsp3) is 0.929. The second-order valence-electron chi connectivity index (χ2n) is 4.13. The normalized spacial score (nSPS) is 9.90. The third-order valence-corrected chi connectivity index (χ3v) is 2.46. The molecule has 0 saturated heterocycles. The summed E-state index contributed by atoms with van der Waals surface area (Å²) in [7, 11) is 1.93. The van der Waals surface area contributed by atoms with Gasteiger partial charge in [0.1, 0.15) is 6.73 Å². The molecule has 21 heavy (non-hydrogen) atoms. The van der Waals surface area contributed by atoms with Crippen LogP contribution < -0.4 is 21.9 Å². The van der Waals surface area contributed by atoms with Crippen LogP contribution in [-0.4, -0.2) is 52.6 Å². The number of hydrogen-bond donors (Lipinski definition) is 4. The Morgan fingerprint density at radius 1 is 1.00 bits per heavy atom. The van der Waals surface area contributed by atoms with Crippen LogP contribution in [0, 0.1) is 0 Å². The lowest BCUT2D eigenvalue weighted by molar-refractivity contribution is -0.121. The summed E-state index contributed by atoms with van der Waals surface area (Å²) in [5.74, 6) is 5.12. The van der Waals surface area contributed by atoms with Crippen molar-refractivity contribution in [2.24, 2.45) is 5.84 Å². The van der Waals surface area contributed by atoms with Crippen molar-refractivity contribution in [3.05, 3.63) is 0 Å². The summed E-state index contributed by atoms with van der Waals surface area (Å²) in [6.07, 6.45) is 3.73. The SMILES string of the molecule is CC.CNCCCCCC(=O)NCCOCCOCNN. The fourth-order valence-electron chi connectivity index (χ4n) is 1.47. The third-order valence-electron chi connectivity index (χ3n) is 2.46. The van der Waals surface area contributed by atoms with Gasteiger partial charge in [0.15, 0.2) is 0 Å². The van der Waals surface area contributed by atoms with Gasteiger partial charge in [-0.25, -0.2) is 5.43 Å². The minimum absolute atomic E-state index is 0.0941. The van der Waals surface area contributed by atoms with Gasteiger partial charge in [-0.15, -0.1) is 0 Å². The Morgan fingerprint density at radius 3 is 2.38 bits per heavy atom. The lowest BCUT2D eigenvalue weighted by atomic mass is 10.2. The topological polar surface area (TPSA) is 97.6 Å². The van der Waals surface area contributed by atoms with E-state index in [9.17, 15) is 4.79 Å². The third kappa shape index (κ3) is 21.7. The summed E-state index contributed by atoms with van der Waals surface area (Å²) < 4.78 is 10.3. The van der Waals surface area contributed by atoms with E-state index in [1.807, 2.05) is 20.9 Å². The van der Waals surface area contributed by atoms with E-state index < -0.39 is 0 Å². The predicted octanol–water partition coefficient (Wildman–Crippen LogP) is 0.363. The maximum atomic E-state index is 11.4. The molecule has 0 atom stereocenters. The molecule has 7 nitrogen and oxygen atoms in total. The Labute approximate surface area is 129 Å². The highest BCUT2D eigenvalue weighted by atomic mass is 16.5. The summed E-state index contributed by atoms with van der Waals surface area (Å²) in [6.45, 7) is 7.37. The van der Waals surface area contributed by atoms with E-state index in [4.69, 9.17) is 15.3 Å². The number of carbonyl (C=O) groups is 1. The molecule has 5 N–H and O–H groups in total. The molecule has 0 aliphatic rings. The van der Waals surface area contributed by atoms with Gasteiger partial charge in [0.2, 0.25) is 5.91 Å². The first-order valence-corrected chi connectivity index (χ1v) is 7.81. The average Bonchev–Trinajstić information content (AvgIpc) is 2.52. The minimum atomic E-state index is 0.0941. The summed E-state index contributed by atoms with van der Waals surface area (Å²) in [5.41, 5.74) is 2.38. The van der Waals surface area contributed by atoms with Crippen LogP contribution in [-0.2, 0) is 14.3 Å². The van der Waals surface area contributed by atoms with Crippen molar-refractivity contribution in [1.29, 1.82) is 0 Å². The smallest absolute Gasteiger partial charge is 0.220 e. The molecule has 0 aliphatic heterocycles. The number of nitrogens with one attached hydrogen (secondary N) is 3. The number of hydrazine groups is 1. The standard InChI is InChI=1S/C12H28N4O3.C2H6/c1-14-6-4-2-3-5-12(17)15-7-8-18-9-10-19-11-16-13;1-2/h14,16H,2-11,13H2,1H3,(H,15,17);1-2H3. The summed E-state index contributed by atoms with van der Waals surface area (Å²) in [6, 6.07) is 0. The molecular formula is C14H34N4O3. The first-order valence-electron chi connectivity index (χ1n) is 7.81. The Morgan fingerprint density at radius 2 is 1.71 bits per heavy atom. The molecule has 0 bridgehead atoms. The van der Waals surface area contributed by atoms with Crippen molar-refractivity contribution < 1.29 is 14.3 Å². The molecule has 0 aromatic rings. The van der Waals surface area contributed by atoms with Crippen molar-refractivity contribution in [1.82, 2.24) is 16.1 Å². The molecule has 0 heterocycles. The molecule has 7 heteroatoms. The Balaban J connectivity index is 0. The largest absolute Gasteiger partial charge is 0.377 e. The first kappa shape index (κ1) is 22.5. The van der Waals surface area contributed by atoms with Crippen molar-refractivity contribution >= 4 is 5.91 Å². The molecule has 0 aliphatic carbocycles. The van der Waals surface area contributed by atoms with Gasteiger partial charge in [-0.1, -0.05) is 20.3 Å². The number of amides is 1. The van der Waals surface area contributed by atoms with Gasteiger partial charge in [-0.05, 0) is 26.4 Å². The van der Waals surface area contributed by atoms with Crippen LogP contribution in [0.2, 0.25) is 0 Å². The Kier molecular flexibility index (Phi) is 23.2. The zero-order valence-electron chi connectivity index (χ0n) is 13.9. The van der Waals surface area contributed by atoms with E-state index in [0.29, 0.717) is 39.5 Å². The molecule has 0 saturated carbocycles. The van der Waals surface area contributed by atoms with Crippen LogP contribution >= 0.6 is 0 Å². The zero-order valence-corrected chi connectivity index (χ0v) is 13.9. The van der Waals surface area contributed by atoms with E-state index in [2.05, 4.69) is 16.1 Å². The predicted molar refractivity (Wildman–Crippen MR) is 85.7 cm³/mol. The van der Waals surface area contributed by atoms with Gasteiger partial charge in [-0.3, -0.25) is 10.6 Å². The molecular weight excluding hydrogens is 272 g/mol. The van der Waals surface area contributed by atoms with Crippen LogP contribution in [0.4, 0.5) is 0 Å². The van der Waals surface area contributed by atoms with Crippen LogP contribution in [0.5, 0.6) is 0 Å². The number of unbranched alkanes of at least 4 members (excludes halogenated alkanes) is 2. The van der Waals surface area contributed by atoms with Crippen molar-refractivity contribution in [3.63, 3.8) is 0 Å². The molecule has 0 spiro atoms. The second kappa shape index (κ2) is 21.6. The molecule has 0 aromatic carbocycles.